The fraction of sp³-hybridized carbons (Fsp3) is 0.667. The van der Waals surface area contributed by atoms with Gasteiger partial charge in [0.1, 0.15) is 13.2 Å². The molecule has 0 aromatic heterocycles. The Labute approximate surface area is 462 Å². The van der Waals surface area contributed by atoms with Gasteiger partial charge in [-0.3, -0.25) is 14.4 Å². The van der Waals surface area contributed by atoms with Crippen LogP contribution in [0.3, 0.4) is 0 Å². The summed E-state index contributed by atoms with van der Waals surface area (Å²) in [5.41, 5.74) is 0. The maximum Gasteiger partial charge on any atom is 0.306 e. The molecule has 0 heterocycles. The molecule has 0 bridgehead atoms. The molecule has 75 heavy (non-hydrogen) atoms. The molecule has 1 unspecified atom stereocenters. The second kappa shape index (κ2) is 62.4. The van der Waals surface area contributed by atoms with Gasteiger partial charge < -0.3 is 14.2 Å². The summed E-state index contributed by atoms with van der Waals surface area (Å²) in [5.74, 6) is -0.936. The van der Waals surface area contributed by atoms with Crippen molar-refractivity contribution in [3.05, 3.63) is 122 Å². The minimum Gasteiger partial charge on any atom is -0.462 e. The van der Waals surface area contributed by atoms with Gasteiger partial charge in [0, 0.05) is 19.3 Å². The molecule has 0 aliphatic carbocycles. The van der Waals surface area contributed by atoms with Crippen molar-refractivity contribution >= 4 is 17.9 Å². The third kappa shape index (κ3) is 60.6. The van der Waals surface area contributed by atoms with E-state index in [2.05, 4.69) is 142 Å². The van der Waals surface area contributed by atoms with Crippen molar-refractivity contribution in [2.75, 3.05) is 13.2 Å². The van der Waals surface area contributed by atoms with Crippen LogP contribution in [0.25, 0.3) is 0 Å². The Balaban J connectivity index is 4.41. The van der Waals surface area contributed by atoms with Crippen LogP contribution in [0.5, 0.6) is 0 Å². The summed E-state index contributed by atoms with van der Waals surface area (Å²) in [6.07, 6.45) is 86.2. The smallest absolute Gasteiger partial charge is 0.306 e. The molecule has 6 nitrogen and oxygen atoms in total. The highest BCUT2D eigenvalue weighted by atomic mass is 16.6. The van der Waals surface area contributed by atoms with Crippen LogP contribution in [0.2, 0.25) is 0 Å². The molecule has 0 saturated heterocycles. The Morgan fingerprint density at radius 1 is 0.280 bits per heavy atom. The topological polar surface area (TPSA) is 78.9 Å². The number of hydrogen-bond acceptors (Lipinski definition) is 6. The Hall–Kier alpha value is -4.19. The van der Waals surface area contributed by atoms with Crippen molar-refractivity contribution in [1.82, 2.24) is 0 Å². The lowest BCUT2D eigenvalue weighted by Crippen LogP contribution is -2.30. The van der Waals surface area contributed by atoms with Crippen LogP contribution in [0, 0.1) is 0 Å². The summed E-state index contributed by atoms with van der Waals surface area (Å²) in [6.45, 7) is 6.47. The van der Waals surface area contributed by atoms with Crippen molar-refractivity contribution in [2.45, 2.75) is 284 Å². The fourth-order valence-corrected chi connectivity index (χ4v) is 8.27. The number of allylic oxidation sites excluding steroid dienone is 20. The minimum atomic E-state index is -0.801. The van der Waals surface area contributed by atoms with E-state index in [1.165, 1.54) is 83.5 Å². The van der Waals surface area contributed by atoms with E-state index < -0.39 is 6.10 Å². The van der Waals surface area contributed by atoms with Crippen molar-refractivity contribution in [3.8, 4) is 0 Å². The first-order valence-electron chi connectivity index (χ1n) is 31.0. The molecular formula is C69H114O6. The average Bonchev–Trinajstić information content (AvgIpc) is 3.41. The van der Waals surface area contributed by atoms with Crippen LogP contribution < -0.4 is 0 Å². The predicted molar refractivity (Wildman–Crippen MR) is 325 cm³/mol. The first kappa shape index (κ1) is 70.8. The molecule has 426 valence electrons. The SMILES string of the molecule is CC/C=C\C/C=C\C/C=C\C/C=C\C/C=C\C/C=C\C/C=C\CCCCCCCC(=O)OCC(COC(=O)CCCCCCC/C=C\CCCCCCC)OC(=O)CCCCCCC/C=C\C/C=C\CCCCCC. The second-order valence-electron chi connectivity index (χ2n) is 20.2. The maximum atomic E-state index is 12.9. The number of rotatable bonds is 55. The summed E-state index contributed by atoms with van der Waals surface area (Å²) >= 11 is 0. The van der Waals surface area contributed by atoms with E-state index in [1.807, 2.05) is 0 Å². The summed E-state index contributed by atoms with van der Waals surface area (Å²) in [4.78, 5) is 38.2. The molecular weight excluding hydrogens is 925 g/mol. The number of esters is 3. The van der Waals surface area contributed by atoms with Crippen LogP contribution in [0.1, 0.15) is 278 Å². The monoisotopic (exact) mass is 1040 g/mol. The number of carbonyl (C=O) groups excluding carboxylic acids is 3. The van der Waals surface area contributed by atoms with E-state index in [1.54, 1.807) is 0 Å². The van der Waals surface area contributed by atoms with Crippen molar-refractivity contribution in [1.29, 1.82) is 0 Å². The van der Waals surface area contributed by atoms with Gasteiger partial charge in [-0.05, 0) is 135 Å². The minimum absolute atomic E-state index is 0.0963. The van der Waals surface area contributed by atoms with Gasteiger partial charge in [-0.15, -0.1) is 0 Å². The third-order valence-corrected chi connectivity index (χ3v) is 12.9. The molecule has 0 aliphatic rings. The van der Waals surface area contributed by atoms with Crippen LogP contribution in [0.15, 0.2) is 122 Å². The van der Waals surface area contributed by atoms with E-state index in [0.29, 0.717) is 19.3 Å². The van der Waals surface area contributed by atoms with Crippen LogP contribution in [0.4, 0.5) is 0 Å². The quantitative estimate of drug-likeness (QED) is 0.0261. The lowest BCUT2D eigenvalue weighted by molar-refractivity contribution is -0.167. The Bertz CT molecular complexity index is 1570. The molecule has 6 heteroatoms. The van der Waals surface area contributed by atoms with Crippen molar-refractivity contribution < 1.29 is 28.6 Å². The van der Waals surface area contributed by atoms with Gasteiger partial charge in [0.15, 0.2) is 6.10 Å². The largest absolute Gasteiger partial charge is 0.462 e. The Morgan fingerprint density at radius 3 is 0.840 bits per heavy atom. The summed E-state index contributed by atoms with van der Waals surface area (Å²) in [5, 5.41) is 0. The third-order valence-electron chi connectivity index (χ3n) is 12.9. The van der Waals surface area contributed by atoms with Crippen LogP contribution in [-0.4, -0.2) is 37.2 Å². The number of hydrogen-bond donors (Lipinski definition) is 0. The summed E-state index contributed by atoms with van der Waals surface area (Å²) in [7, 11) is 0. The highest BCUT2D eigenvalue weighted by Crippen LogP contribution is 2.14. The molecule has 0 radical (unpaired) electrons. The van der Waals surface area contributed by atoms with E-state index in [-0.39, 0.29) is 31.1 Å². The Kier molecular flexibility index (Phi) is 58.9. The first-order valence-corrected chi connectivity index (χ1v) is 31.0. The molecule has 0 aliphatic heterocycles. The fourth-order valence-electron chi connectivity index (χ4n) is 8.27. The molecule has 0 spiro atoms. The van der Waals surface area contributed by atoms with Gasteiger partial charge in [-0.2, -0.15) is 0 Å². The predicted octanol–water partition coefficient (Wildman–Crippen LogP) is 21.2. The summed E-state index contributed by atoms with van der Waals surface area (Å²) in [6, 6.07) is 0. The van der Waals surface area contributed by atoms with E-state index in [4.69, 9.17) is 14.2 Å². The first-order chi connectivity index (χ1) is 37.0. The van der Waals surface area contributed by atoms with Gasteiger partial charge in [0.05, 0.1) is 0 Å². The van der Waals surface area contributed by atoms with Crippen molar-refractivity contribution in [2.24, 2.45) is 0 Å². The van der Waals surface area contributed by atoms with E-state index in [9.17, 15) is 14.4 Å². The van der Waals surface area contributed by atoms with Crippen molar-refractivity contribution in [3.63, 3.8) is 0 Å². The van der Waals surface area contributed by atoms with Crippen LogP contribution in [-0.2, 0) is 28.6 Å². The van der Waals surface area contributed by atoms with Crippen LogP contribution >= 0.6 is 0 Å². The number of carbonyl (C=O) groups is 3. The standard InChI is InChI=1S/C69H114O6/c1-4-7-10-13-16-19-22-25-28-30-31-32-33-34-35-36-37-38-39-40-42-44-47-50-53-56-59-62-68(71)74-65-66(64-73-67(70)61-58-55-52-49-46-43-27-24-21-18-15-12-9-6-3)75-69(72)63-60-57-54-51-48-45-41-29-26-23-20-17-14-11-8-5-2/h7,10,16,19-20,23-25,27-29,31-32,34-35,37-38,40-42,66H,4-6,8-9,11-15,17-18,21-22,26,30,33,36,39,43-65H2,1-3H3/b10-7-,19-16-,23-20-,27-24-,28-25-,32-31-,35-34-,38-37-,41-29-,42-40-. The molecule has 0 aromatic carbocycles. The molecule has 0 saturated carbocycles. The zero-order valence-electron chi connectivity index (χ0n) is 48.8. The molecule has 0 rings (SSSR count). The molecule has 0 aromatic rings. The van der Waals surface area contributed by atoms with Gasteiger partial charge in [-0.1, -0.05) is 245 Å². The van der Waals surface area contributed by atoms with E-state index in [0.717, 1.165) is 154 Å². The second-order valence-corrected chi connectivity index (χ2v) is 20.2. The number of ether oxygens (including phenoxy) is 3. The number of unbranched alkanes of at least 4 members (excludes halogenated alkanes) is 24. The lowest BCUT2D eigenvalue weighted by atomic mass is 10.1. The zero-order chi connectivity index (χ0) is 54.3. The van der Waals surface area contributed by atoms with E-state index >= 15 is 0 Å². The average molecular weight is 1040 g/mol. The van der Waals surface area contributed by atoms with Gasteiger partial charge in [0.2, 0.25) is 0 Å². The molecule has 0 amide bonds. The zero-order valence-corrected chi connectivity index (χ0v) is 48.8. The summed E-state index contributed by atoms with van der Waals surface area (Å²) < 4.78 is 16.9. The maximum absolute atomic E-state index is 12.9. The lowest BCUT2D eigenvalue weighted by Gasteiger charge is -2.18. The normalized spacial score (nSPS) is 12.9. The molecule has 0 N–H and O–H groups in total. The highest BCUT2D eigenvalue weighted by molar-refractivity contribution is 5.71. The van der Waals surface area contributed by atoms with Gasteiger partial charge in [0.25, 0.3) is 0 Å². The molecule has 1 atom stereocenters. The van der Waals surface area contributed by atoms with Gasteiger partial charge >= 0.3 is 17.9 Å². The van der Waals surface area contributed by atoms with Gasteiger partial charge in [-0.25, -0.2) is 0 Å². The Morgan fingerprint density at radius 2 is 0.520 bits per heavy atom. The highest BCUT2D eigenvalue weighted by Gasteiger charge is 2.19. The molecule has 0 fully saturated rings.